The van der Waals surface area contributed by atoms with Gasteiger partial charge in [0.25, 0.3) is 5.69 Å². The van der Waals surface area contributed by atoms with E-state index in [1.807, 2.05) is 0 Å². The van der Waals surface area contributed by atoms with E-state index in [0.717, 1.165) is 30.9 Å². The van der Waals surface area contributed by atoms with Crippen molar-refractivity contribution < 1.29 is 47.8 Å². The van der Waals surface area contributed by atoms with E-state index < -0.39 is 55.5 Å². The van der Waals surface area contributed by atoms with E-state index >= 15 is 0 Å². The molecular formula is C19H20N2O11. The van der Waals surface area contributed by atoms with Gasteiger partial charge in [0.2, 0.25) is 13.6 Å². The maximum absolute atomic E-state index is 12.1. The highest BCUT2D eigenvalue weighted by Crippen LogP contribution is 2.32. The smallest absolute Gasteiger partial charge is 0.328 e. The summed E-state index contributed by atoms with van der Waals surface area (Å²) in [4.78, 5) is 57.4. The highest BCUT2D eigenvalue weighted by atomic mass is 16.7. The fourth-order valence-electron chi connectivity index (χ4n) is 2.10. The molecule has 172 valence electrons. The number of hydrogen-bond acceptors (Lipinski definition) is 12. The quantitative estimate of drug-likeness (QED) is 0.142. The fourth-order valence-corrected chi connectivity index (χ4v) is 2.10. The van der Waals surface area contributed by atoms with Crippen molar-refractivity contribution in [3.63, 3.8) is 0 Å². The Hall–Kier alpha value is -4.34. The van der Waals surface area contributed by atoms with E-state index in [1.165, 1.54) is 6.07 Å². The van der Waals surface area contributed by atoms with Gasteiger partial charge in [-0.1, -0.05) is 5.92 Å². The van der Waals surface area contributed by atoms with Crippen LogP contribution >= 0.6 is 0 Å². The standard InChI is InChI=1S/C19H20N2O11/c1-4-7-28-17-8-15(21(26)27)5-6-16(17)20(9-18(24)31-11-29-13(2)22)10-19(25)32-12-30-14(3)23/h1,5-6,8H,7,9-12H2,2-3H3. The topological polar surface area (TPSA) is 161 Å². The predicted molar refractivity (Wildman–Crippen MR) is 105 cm³/mol. The molecule has 1 rings (SSSR count). The Labute approximate surface area is 182 Å². The SMILES string of the molecule is C#CCOc1cc([N+](=O)[O-])ccc1N(CC(=O)OCOC(C)=O)CC(=O)OCOC(C)=O. The van der Waals surface area contributed by atoms with Gasteiger partial charge in [-0.05, 0) is 6.07 Å². The first-order valence-corrected chi connectivity index (χ1v) is 8.81. The first kappa shape index (κ1) is 25.7. The minimum atomic E-state index is -0.903. The second-order valence-corrected chi connectivity index (χ2v) is 5.80. The molecule has 0 bridgehead atoms. The van der Waals surface area contributed by atoms with Crippen LogP contribution in [0.2, 0.25) is 0 Å². The normalized spacial score (nSPS) is 9.66. The van der Waals surface area contributed by atoms with Crippen LogP contribution in [0, 0.1) is 22.5 Å². The Morgan fingerprint density at radius 3 is 1.97 bits per heavy atom. The molecule has 0 aliphatic rings. The summed E-state index contributed by atoms with van der Waals surface area (Å²) in [5.74, 6) is -1.05. The zero-order valence-corrected chi connectivity index (χ0v) is 17.2. The van der Waals surface area contributed by atoms with Crippen LogP contribution in [0.25, 0.3) is 0 Å². The van der Waals surface area contributed by atoms with E-state index in [-0.39, 0.29) is 23.7 Å². The lowest BCUT2D eigenvalue weighted by molar-refractivity contribution is -0.384. The third kappa shape index (κ3) is 9.44. The van der Waals surface area contributed by atoms with Crippen molar-refractivity contribution in [2.24, 2.45) is 0 Å². The van der Waals surface area contributed by atoms with Gasteiger partial charge in [-0.25, -0.2) is 0 Å². The van der Waals surface area contributed by atoms with Gasteiger partial charge in [-0.15, -0.1) is 6.42 Å². The number of nitrogens with zero attached hydrogens (tertiary/aromatic N) is 2. The van der Waals surface area contributed by atoms with Crippen molar-refractivity contribution in [2.45, 2.75) is 13.8 Å². The Morgan fingerprint density at radius 2 is 1.53 bits per heavy atom. The molecule has 0 spiro atoms. The fraction of sp³-hybridized carbons (Fsp3) is 0.368. The number of non-ortho nitro benzene ring substituents is 1. The number of carbonyl (C=O) groups is 4. The Balaban J connectivity index is 3.11. The summed E-state index contributed by atoms with van der Waals surface area (Å²) in [5, 5.41) is 11.1. The van der Waals surface area contributed by atoms with Crippen LogP contribution in [-0.4, -0.2) is 62.1 Å². The molecule has 0 atom stereocenters. The monoisotopic (exact) mass is 452 g/mol. The molecule has 0 N–H and O–H groups in total. The maximum Gasteiger partial charge on any atom is 0.328 e. The van der Waals surface area contributed by atoms with Gasteiger partial charge in [0.15, 0.2) is 5.75 Å². The molecule has 0 unspecified atom stereocenters. The molecular weight excluding hydrogens is 432 g/mol. The van der Waals surface area contributed by atoms with Crippen LogP contribution in [-0.2, 0) is 38.1 Å². The average molecular weight is 452 g/mol. The molecule has 0 amide bonds. The van der Waals surface area contributed by atoms with Crippen LogP contribution < -0.4 is 9.64 Å². The van der Waals surface area contributed by atoms with Crippen LogP contribution in [0.15, 0.2) is 18.2 Å². The number of carbonyl (C=O) groups excluding carboxylic acids is 4. The highest BCUT2D eigenvalue weighted by Gasteiger charge is 2.23. The highest BCUT2D eigenvalue weighted by molar-refractivity contribution is 5.83. The largest absolute Gasteiger partial charge is 0.479 e. The van der Waals surface area contributed by atoms with Crippen LogP contribution in [0.5, 0.6) is 5.75 Å². The summed E-state index contributed by atoms with van der Waals surface area (Å²) in [6.45, 7) is -0.451. The number of terminal acetylenes is 1. The van der Waals surface area contributed by atoms with Crippen molar-refractivity contribution in [1.82, 2.24) is 0 Å². The van der Waals surface area contributed by atoms with Crippen molar-refractivity contribution in [3.05, 3.63) is 28.3 Å². The number of esters is 4. The molecule has 13 nitrogen and oxygen atoms in total. The summed E-state index contributed by atoms with van der Waals surface area (Å²) >= 11 is 0. The molecule has 0 saturated carbocycles. The lowest BCUT2D eigenvalue weighted by Crippen LogP contribution is -2.37. The number of ether oxygens (including phenoxy) is 5. The summed E-state index contributed by atoms with van der Waals surface area (Å²) in [5.41, 5.74) is -0.240. The molecule has 0 aromatic heterocycles. The van der Waals surface area contributed by atoms with Gasteiger partial charge in [0, 0.05) is 19.9 Å². The number of hydrogen-bond donors (Lipinski definition) is 0. The molecule has 13 heteroatoms. The molecule has 1 aromatic rings. The predicted octanol–water partition coefficient (Wildman–Crippen LogP) is 0.541. The lowest BCUT2D eigenvalue weighted by atomic mass is 10.2. The number of benzene rings is 1. The third-order valence-corrected chi connectivity index (χ3v) is 3.41. The first-order valence-electron chi connectivity index (χ1n) is 8.81. The maximum atomic E-state index is 12.1. The summed E-state index contributed by atoms with van der Waals surface area (Å²) in [6, 6.07) is 3.43. The molecule has 0 radical (unpaired) electrons. The van der Waals surface area contributed by atoms with Gasteiger partial charge < -0.3 is 28.6 Å². The minimum absolute atomic E-state index is 0.0831. The number of rotatable bonds is 12. The molecule has 32 heavy (non-hydrogen) atoms. The molecule has 1 aromatic carbocycles. The zero-order valence-electron chi connectivity index (χ0n) is 17.2. The minimum Gasteiger partial charge on any atom is -0.479 e. The molecule has 0 aliphatic heterocycles. The van der Waals surface area contributed by atoms with E-state index in [2.05, 4.69) is 15.4 Å². The van der Waals surface area contributed by atoms with Crippen molar-refractivity contribution in [3.8, 4) is 18.1 Å². The van der Waals surface area contributed by atoms with E-state index in [1.54, 1.807) is 0 Å². The zero-order chi connectivity index (χ0) is 24.1. The van der Waals surface area contributed by atoms with Gasteiger partial charge in [0.1, 0.15) is 19.7 Å². The number of anilines is 1. The van der Waals surface area contributed by atoms with Gasteiger partial charge >= 0.3 is 23.9 Å². The molecule has 0 saturated heterocycles. The van der Waals surface area contributed by atoms with Crippen LogP contribution in [0.3, 0.4) is 0 Å². The number of nitro groups is 1. The second kappa shape index (κ2) is 13.1. The summed E-state index contributed by atoms with van der Waals surface area (Å²) < 4.78 is 23.9. The lowest BCUT2D eigenvalue weighted by Gasteiger charge is -2.24. The first-order chi connectivity index (χ1) is 15.1. The van der Waals surface area contributed by atoms with E-state index in [0.29, 0.717) is 0 Å². The second-order valence-electron chi connectivity index (χ2n) is 5.80. The van der Waals surface area contributed by atoms with Gasteiger partial charge in [-0.3, -0.25) is 29.3 Å². The molecule has 0 heterocycles. The average Bonchev–Trinajstić information content (AvgIpc) is 2.70. The Kier molecular flexibility index (Phi) is 10.5. The van der Waals surface area contributed by atoms with Gasteiger partial charge in [0.05, 0.1) is 16.7 Å². The van der Waals surface area contributed by atoms with Crippen molar-refractivity contribution in [1.29, 1.82) is 0 Å². The third-order valence-electron chi connectivity index (χ3n) is 3.41. The summed E-state index contributed by atoms with van der Waals surface area (Å²) in [7, 11) is 0. The van der Waals surface area contributed by atoms with Crippen molar-refractivity contribution in [2.75, 3.05) is 38.2 Å². The summed E-state index contributed by atoms with van der Waals surface area (Å²) in [6.07, 6.45) is 5.17. The van der Waals surface area contributed by atoms with Crippen molar-refractivity contribution >= 4 is 35.3 Å². The Morgan fingerprint density at radius 1 is 1.00 bits per heavy atom. The van der Waals surface area contributed by atoms with Crippen LogP contribution in [0.4, 0.5) is 11.4 Å². The van der Waals surface area contributed by atoms with Gasteiger partial charge in [-0.2, -0.15) is 0 Å². The van der Waals surface area contributed by atoms with Crippen LogP contribution in [0.1, 0.15) is 13.8 Å². The Bertz CT molecular complexity index is 873. The molecule has 0 fully saturated rings. The van der Waals surface area contributed by atoms with E-state index in [9.17, 15) is 29.3 Å². The molecule has 0 aliphatic carbocycles. The number of nitro benzene ring substituents is 1. The van der Waals surface area contributed by atoms with E-state index in [4.69, 9.17) is 20.6 Å².